The van der Waals surface area contributed by atoms with Gasteiger partial charge in [-0.2, -0.15) is 0 Å². The average Bonchev–Trinajstić information content (AvgIpc) is 3.04. The summed E-state index contributed by atoms with van der Waals surface area (Å²) >= 11 is 0. The largest absolute Gasteiger partial charge is 0.334 e. The summed E-state index contributed by atoms with van der Waals surface area (Å²) in [4.78, 5) is 25.5. The van der Waals surface area contributed by atoms with Gasteiger partial charge in [0.05, 0.1) is 0 Å². The van der Waals surface area contributed by atoms with E-state index in [1.165, 1.54) is 0 Å². The van der Waals surface area contributed by atoms with E-state index in [1.54, 1.807) is 28.9 Å². The summed E-state index contributed by atoms with van der Waals surface area (Å²) in [6, 6.07) is 25.6. The van der Waals surface area contributed by atoms with Crippen molar-refractivity contribution in [3.63, 3.8) is 0 Å². The highest BCUT2D eigenvalue weighted by molar-refractivity contribution is 5.98. The van der Waals surface area contributed by atoms with Crippen molar-refractivity contribution < 1.29 is 14.3 Å². The predicted octanol–water partition coefficient (Wildman–Crippen LogP) is 3.01. The van der Waals surface area contributed by atoms with Crippen molar-refractivity contribution in [1.29, 1.82) is 0 Å². The van der Waals surface area contributed by atoms with Gasteiger partial charge in [-0.05, 0) is 31.2 Å². The summed E-state index contributed by atoms with van der Waals surface area (Å²) < 4.78 is 1.78. The van der Waals surface area contributed by atoms with Gasteiger partial charge in [0.1, 0.15) is 0 Å². The molecule has 0 radical (unpaired) electrons. The minimum Gasteiger partial charge on any atom is -0.334 e. The number of nitrogens with one attached hydrogen (secondary N) is 2. The van der Waals surface area contributed by atoms with Crippen molar-refractivity contribution in [3.05, 3.63) is 107 Å². The molecule has 2 amide bonds. The van der Waals surface area contributed by atoms with Gasteiger partial charge in [0.15, 0.2) is 6.04 Å². The van der Waals surface area contributed by atoms with Crippen LogP contribution < -0.4 is 10.7 Å². The van der Waals surface area contributed by atoms with Crippen molar-refractivity contribution >= 4 is 18.0 Å². The van der Waals surface area contributed by atoms with E-state index in [9.17, 15) is 9.59 Å². The Morgan fingerprint density at radius 2 is 1.55 bits per heavy atom. The number of nitrogens with zero attached hydrogens (tertiary/aromatic N) is 1. The molecule has 5 nitrogen and oxygen atoms in total. The van der Waals surface area contributed by atoms with Crippen LogP contribution in [0.15, 0.2) is 84.9 Å². The number of aryl methyl sites for hydroxylation is 1. The van der Waals surface area contributed by atoms with E-state index in [0.29, 0.717) is 5.56 Å². The molecule has 1 heterocycles. The lowest BCUT2D eigenvalue weighted by Crippen LogP contribution is -2.42. The minimum absolute atomic E-state index is 0.243. The molecule has 0 bridgehead atoms. The van der Waals surface area contributed by atoms with Crippen LogP contribution in [-0.4, -0.2) is 28.8 Å². The third kappa shape index (κ3) is 4.09. The van der Waals surface area contributed by atoms with Crippen molar-refractivity contribution in [2.24, 2.45) is 0 Å². The van der Waals surface area contributed by atoms with E-state index in [4.69, 9.17) is 0 Å². The van der Waals surface area contributed by atoms with E-state index in [2.05, 4.69) is 10.7 Å². The molecule has 2 atom stereocenters. The van der Waals surface area contributed by atoms with E-state index in [-0.39, 0.29) is 17.9 Å². The Morgan fingerprint density at radius 3 is 2.21 bits per heavy atom. The summed E-state index contributed by atoms with van der Waals surface area (Å²) in [6.45, 7) is 2.02. The molecule has 29 heavy (non-hydrogen) atoms. The zero-order chi connectivity index (χ0) is 20.2. The highest BCUT2D eigenvalue weighted by atomic mass is 16.2. The molecule has 0 spiro atoms. The van der Waals surface area contributed by atoms with Gasteiger partial charge < -0.3 is 5.32 Å². The normalized spacial score (nSPS) is 19.8. The maximum atomic E-state index is 12.8. The molecule has 144 valence electrons. The fraction of sp³-hybridized carbons (Fsp3) is 0.125. The van der Waals surface area contributed by atoms with Crippen LogP contribution in [-0.2, 0) is 4.79 Å². The molecule has 1 aliphatic heterocycles. The summed E-state index contributed by atoms with van der Waals surface area (Å²) in [5.41, 5.74) is 6.45. The van der Waals surface area contributed by atoms with Crippen molar-refractivity contribution in [1.82, 2.24) is 10.7 Å². The topological polar surface area (TPSA) is 61.2 Å². The molecule has 0 unspecified atom stereocenters. The lowest BCUT2D eigenvalue weighted by atomic mass is 9.98. The SMILES string of the molecule is Cc1ccc([C@H]2[C@H](NC(=O)c3ccccc3)C(=O)N/[N+]2=C\c2ccccc2)cc1. The molecular formula is C24H22N3O2+. The van der Waals surface area contributed by atoms with Gasteiger partial charge >= 0.3 is 5.91 Å². The maximum Gasteiger partial charge on any atom is 0.304 e. The number of rotatable bonds is 4. The first-order valence-corrected chi connectivity index (χ1v) is 9.53. The molecule has 0 saturated carbocycles. The van der Waals surface area contributed by atoms with Gasteiger partial charge in [-0.25, -0.2) is 0 Å². The third-order valence-corrected chi connectivity index (χ3v) is 4.97. The third-order valence-electron chi connectivity index (χ3n) is 4.97. The number of carbonyl (C=O) groups is 2. The number of carbonyl (C=O) groups excluding carboxylic acids is 2. The lowest BCUT2D eigenvalue weighted by molar-refractivity contribution is -0.596. The molecule has 1 fully saturated rings. The smallest absolute Gasteiger partial charge is 0.304 e. The Balaban J connectivity index is 1.70. The van der Waals surface area contributed by atoms with Gasteiger partial charge in [0.2, 0.25) is 12.3 Å². The van der Waals surface area contributed by atoms with Crippen molar-refractivity contribution in [3.8, 4) is 0 Å². The van der Waals surface area contributed by atoms with E-state index in [1.807, 2.05) is 73.8 Å². The number of hydrogen-bond acceptors (Lipinski definition) is 2. The fourth-order valence-electron chi connectivity index (χ4n) is 3.46. The maximum absolute atomic E-state index is 12.8. The van der Waals surface area contributed by atoms with Crippen LogP contribution in [0.5, 0.6) is 0 Å². The molecule has 3 aromatic carbocycles. The standard InChI is InChI=1S/C24H21N3O2/c1-17-12-14-19(15-13-17)22-21(25-23(28)20-10-6-3-7-11-20)24(29)26-27(22)16-18-8-4-2-5-9-18/h2-16,21-22H,1H3,(H-,25,26,28,29)/p+1/b27-16-/t21-,22-/m0/s1. The average molecular weight is 384 g/mol. The molecule has 1 saturated heterocycles. The van der Waals surface area contributed by atoms with Crippen LogP contribution >= 0.6 is 0 Å². The molecule has 2 N–H and O–H groups in total. The summed E-state index contributed by atoms with van der Waals surface area (Å²) in [7, 11) is 0. The quantitative estimate of drug-likeness (QED) is 0.680. The summed E-state index contributed by atoms with van der Waals surface area (Å²) in [5.74, 6) is -0.517. The summed E-state index contributed by atoms with van der Waals surface area (Å²) in [5, 5.41) is 2.91. The van der Waals surface area contributed by atoms with Crippen LogP contribution in [0.1, 0.15) is 33.1 Å². The van der Waals surface area contributed by atoms with Crippen LogP contribution in [0.4, 0.5) is 0 Å². The highest BCUT2D eigenvalue weighted by Crippen LogP contribution is 2.26. The molecule has 1 aliphatic rings. The number of amides is 2. The lowest BCUT2D eigenvalue weighted by Gasteiger charge is -2.15. The second-order valence-electron chi connectivity index (χ2n) is 7.10. The first-order valence-electron chi connectivity index (χ1n) is 9.53. The zero-order valence-electron chi connectivity index (χ0n) is 16.1. The number of benzene rings is 3. The van der Waals surface area contributed by atoms with E-state index >= 15 is 0 Å². The van der Waals surface area contributed by atoms with E-state index < -0.39 is 6.04 Å². The van der Waals surface area contributed by atoms with Gasteiger partial charge in [0, 0.05) is 16.7 Å². The fourth-order valence-corrected chi connectivity index (χ4v) is 3.46. The second-order valence-corrected chi connectivity index (χ2v) is 7.10. The van der Waals surface area contributed by atoms with Crippen LogP contribution in [0.25, 0.3) is 0 Å². The molecule has 0 aromatic heterocycles. The Morgan fingerprint density at radius 1 is 0.931 bits per heavy atom. The Hall–Kier alpha value is -3.73. The molecule has 4 rings (SSSR count). The number of hydrazine groups is 1. The van der Waals surface area contributed by atoms with Gasteiger partial charge in [-0.15, -0.1) is 10.1 Å². The Labute approximate surface area is 169 Å². The number of hydrazone groups is 1. The number of hydrogen-bond donors (Lipinski definition) is 2. The van der Waals surface area contributed by atoms with Crippen LogP contribution in [0, 0.1) is 6.92 Å². The molecular weight excluding hydrogens is 362 g/mol. The van der Waals surface area contributed by atoms with Gasteiger partial charge in [0.25, 0.3) is 5.91 Å². The Kier molecular flexibility index (Phi) is 5.20. The molecule has 0 aliphatic carbocycles. The van der Waals surface area contributed by atoms with Gasteiger partial charge in [-0.1, -0.05) is 66.2 Å². The minimum atomic E-state index is -0.717. The highest BCUT2D eigenvalue weighted by Gasteiger charge is 2.47. The summed E-state index contributed by atoms with van der Waals surface area (Å²) in [6.07, 6.45) is 1.89. The van der Waals surface area contributed by atoms with Crippen molar-refractivity contribution in [2.45, 2.75) is 19.0 Å². The van der Waals surface area contributed by atoms with E-state index in [0.717, 1.165) is 16.7 Å². The second kappa shape index (κ2) is 8.10. The molecule has 3 aromatic rings. The monoisotopic (exact) mass is 384 g/mol. The van der Waals surface area contributed by atoms with Crippen molar-refractivity contribution in [2.75, 3.05) is 0 Å². The molecule has 5 heteroatoms. The predicted molar refractivity (Wildman–Crippen MR) is 112 cm³/mol. The first-order chi connectivity index (χ1) is 14.1. The van der Waals surface area contributed by atoms with Crippen LogP contribution in [0.3, 0.4) is 0 Å². The van der Waals surface area contributed by atoms with Gasteiger partial charge in [-0.3, -0.25) is 9.59 Å². The zero-order valence-corrected chi connectivity index (χ0v) is 16.1. The Bertz CT molecular complexity index is 1040. The first kappa shape index (κ1) is 18.6. The van der Waals surface area contributed by atoms with Crippen LogP contribution in [0.2, 0.25) is 0 Å².